The number of rotatable bonds is 10. The summed E-state index contributed by atoms with van der Waals surface area (Å²) in [5.74, 6) is -0.648. The van der Waals surface area contributed by atoms with E-state index in [1.807, 2.05) is 36.4 Å². The summed E-state index contributed by atoms with van der Waals surface area (Å²) in [6.07, 6.45) is 0. The van der Waals surface area contributed by atoms with E-state index in [2.05, 4.69) is 36.2 Å². The predicted octanol–water partition coefficient (Wildman–Crippen LogP) is 4.42. The van der Waals surface area contributed by atoms with Gasteiger partial charge in [0.25, 0.3) is 11.8 Å². The number of anilines is 1. The first-order valence-corrected chi connectivity index (χ1v) is 11.5. The lowest BCUT2D eigenvalue weighted by Gasteiger charge is -2.30. The molecular weight excluding hydrogens is 464 g/mol. The number of nitrogens with zero attached hydrogens (tertiary/aromatic N) is 2. The molecule has 180 valence electrons. The number of nitrogens with two attached hydrogens (primary N) is 1. The van der Waals surface area contributed by atoms with E-state index in [0.717, 1.165) is 11.3 Å². The second-order valence-corrected chi connectivity index (χ2v) is 8.71. The van der Waals surface area contributed by atoms with Gasteiger partial charge in [-0.25, -0.2) is 0 Å². The maximum atomic E-state index is 13.0. The van der Waals surface area contributed by atoms with Crippen molar-refractivity contribution in [3.63, 3.8) is 0 Å². The monoisotopic (exact) mass is 490 g/mol. The quantitative estimate of drug-likeness (QED) is 0.437. The van der Waals surface area contributed by atoms with Crippen molar-refractivity contribution in [2.45, 2.75) is 33.0 Å². The van der Waals surface area contributed by atoms with Crippen molar-refractivity contribution in [1.29, 1.82) is 5.26 Å². The average molecular weight is 491 g/mol. The Bertz CT molecular complexity index is 1240. The molecule has 0 radical (unpaired) electrons. The summed E-state index contributed by atoms with van der Waals surface area (Å²) in [7, 11) is 0. The van der Waals surface area contributed by atoms with E-state index < -0.39 is 5.91 Å². The average Bonchev–Trinajstić information content (AvgIpc) is 2.84. The largest absolute Gasteiger partial charge is 0.483 e. The molecule has 2 amide bonds. The molecule has 0 aliphatic heterocycles. The van der Waals surface area contributed by atoms with Crippen LogP contribution in [0.25, 0.3) is 0 Å². The van der Waals surface area contributed by atoms with Crippen molar-refractivity contribution in [2.75, 3.05) is 11.5 Å². The number of carbonyl (C=O) groups is 2. The molecule has 0 spiro atoms. The molecule has 0 aliphatic rings. The Kier molecular flexibility index (Phi) is 8.71. The third-order valence-corrected chi connectivity index (χ3v) is 5.52. The molecule has 3 aromatic rings. The number of amides is 2. The van der Waals surface area contributed by atoms with Crippen LogP contribution in [0.5, 0.6) is 5.75 Å². The fraction of sp³-hybridized carbons (Fsp3) is 0.222. The summed E-state index contributed by atoms with van der Waals surface area (Å²) in [6.45, 7) is 4.63. The highest BCUT2D eigenvalue weighted by Crippen LogP contribution is 2.26. The number of hydrogen-bond donors (Lipinski definition) is 2. The molecule has 0 heterocycles. The lowest BCUT2D eigenvalue weighted by Crippen LogP contribution is -2.30. The molecule has 0 unspecified atom stereocenters. The van der Waals surface area contributed by atoms with Crippen LogP contribution in [0.15, 0.2) is 66.7 Å². The first kappa shape index (κ1) is 25.6. The van der Waals surface area contributed by atoms with Gasteiger partial charge in [0.1, 0.15) is 5.75 Å². The number of hydrogen-bond acceptors (Lipinski definition) is 5. The molecule has 0 atom stereocenters. The van der Waals surface area contributed by atoms with E-state index in [4.69, 9.17) is 27.3 Å². The highest BCUT2D eigenvalue weighted by Gasteiger charge is 2.16. The smallest absolute Gasteiger partial charge is 0.255 e. The SMILES string of the molecule is CC(C)N(Cc1ccccc1)c1cc(Cl)cc(C(=O)NCc2ccc(C#N)cc2OCC(N)=O)c1. The first-order valence-electron chi connectivity index (χ1n) is 11.1. The van der Waals surface area contributed by atoms with Gasteiger partial charge in [0.15, 0.2) is 6.61 Å². The van der Waals surface area contributed by atoms with Crippen LogP contribution in [0, 0.1) is 11.3 Å². The van der Waals surface area contributed by atoms with Gasteiger partial charge in [-0.2, -0.15) is 5.26 Å². The van der Waals surface area contributed by atoms with Gasteiger partial charge in [0.2, 0.25) is 0 Å². The van der Waals surface area contributed by atoms with Gasteiger partial charge < -0.3 is 20.7 Å². The van der Waals surface area contributed by atoms with E-state index >= 15 is 0 Å². The van der Waals surface area contributed by atoms with Gasteiger partial charge in [-0.15, -0.1) is 0 Å². The Hall–Kier alpha value is -4.02. The Balaban J connectivity index is 1.79. The summed E-state index contributed by atoms with van der Waals surface area (Å²) in [5.41, 5.74) is 8.54. The lowest BCUT2D eigenvalue weighted by atomic mass is 10.1. The molecule has 0 aromatic heterocycles. The Labute approximate surface area is 210 Å². The van der Waals surface area contributed by atoms with E-state index in [-0.39, 0.29) is 25.1 Å². The summed E-state index contributed by atoms with van der Waals surface area (Å²) in [5, 5.41) is 12.5. The summed E-state index contributed by atoms with van der Waals surface area (Å²) < 4.78 is 5.43. The molecule has 8 heteroatoms. The second-order valence-electron chi connectivity index (χ2n) is 8.28. The maximum absolute atomic E-state index is 13.0. The lowest BCUT2D eigenvalue weighted by molar-refractivity contribution is -0.119. The zero-order valence-electron chi connectivity index (χ0n) is 19.6. The molecule has 0 bridgehead atoms. The highest BCUT2D eigenvalue weighted by atomic mass is 35.5. The zero-order valence-corrected chi connectivity index (χ0v) is 20.4. The van der Waals surface area contributed by atoms with Crippen LogP contribution in [0.1, 0.15) is 40.9 Å². The van der Waals surface area contributed by atoms with Crippen LogP contribution in [0.2, 0.25) is 5.02 Å². The molecule has 3 N–H and O–H groups in total. The first-order chi connectivity index (χ1) is 16.8. The van der Waals surface area contributed by atoms with Crippen LogP contribution in [0.3, 0.4) is 0 Å². The molecular formula is C27H27ClN4O3. The van der Waals surface area contributed by atoms with Crippen LogP contribution in [-0.2, 0) is 17.9 Å². The normalized spacial score (nSPS) is 10.5. The number of primary amides is 1. The molecule has 0 saturated carbocycles. The van der Waals surface area contributed by atoms with Gasteiger partial charge >= 0.3 is 0 Å². The van der Waals surface area contributed by atoms with E-state index in [0.29, 0.717) is 34.0 Å². The molecule has 0 aliphatic carbocycles. The summed E-state index contributed by atoms with van der Waals surface area (Å²) in [4.78, 5) is 26.3. The Morgan fingerprint density at radius 3 is 2.51 bits per heavy atom. The van der Waals surface area contributed by atoms with Crippen molar-refractivity contribution in [2.24, 2.45) is 5.73 Å². The van der Waals surface area contributed by atoms with Crippen LogP contribution < -0.4 is 20.7 Å². The predicted molar refractivity (Wildman–Crippen MR) is 136 cm³/mol. The molecule has 3 aromatic carbocycles. The number of nitriles is 1. The number of benzene rings is 3. The minimum atomic E-state index is -0.640. The van der Waals surface area contributed by atoms with Crippen molar-refractivity contribution in [3.05, 3.63) is 94.0 Å². The maximum Gasteiger partial charge on any atom is 0.255 e. The summed E-state index contributed by atoms with van der Waals surface area (Å²) in [6, 6.07) is 22.3. The van der Waals surface area contributed by atoms with Crippen LogP contribution in [0.4, 0.5) is 5.69 Å². The summed E-state index contributed by atoms with van der Waals surface area (Å²) >= 11 is 6.39. The molecule has 0 fully saturated rings. The number of ether oxygens (including phenoxy) is 1. The van der Waals surface area contributed by atoms with Crippen LogP contribution in [-0.4, -0.2) is 24.5 Å². The molecule has 35 heavy (non-hydrogen) atoms. The standard InChI is InChI=1S/C27H27ClN4O3/c1-18(2)32(16-19-6-4-3-5-7-19)24-12-22(11-23(28)13-24)27(34)31-15-21-9-8-20(14-29)10-25(21)35-17-26(30)33/h3-13,18H,15-17H2,1-2H3,(H2,30,33)(H,31,34). The van der Waals surface area contributed by atoms with E-state index in [9.17, 15) is 9.59 Å². The molecule has 3 rings (SSSR count). The van der Waals surface area contributed by atoms with E-state index in [1.54, 1.807) is 18.2 Å². The third kappa shape index (κ3) is 7.23. The zero-order chi connectivity index (χ0) is 25.4. The minimum absolute atomic E-state index is 0.123. The highest BCUT2D eigenvalue weighted by molar-refractivity contribution is 6.31. The Morgan fingerprint density at radius 2 is 1.86 bits per heavy atom. The molecule has 0 saturated heterocycles. The van der Waals surface area contributed by atoms with Crippen molar-refractivity contribution < 1.29 is 14.3 Å². The van der Waals surface area contributed by atoms with E-state index in [1.165, 1.54) is 6.07 Å². The third-order valence-electron chi connectivity index (χ3n) is 5.30. The van der Waals surface area contributed by atoms with Gasteiger partial charge in [-0.1, -0.05) is 48.0 Å². The van der Waals surface area contributed by atoms with Gasteiger partial charge in [-0.05, 0) is 49.7 Å². The fourth-order valence-electron chi connectivity index (χ4n) is 3.55. The van der Waals surface area contributed by atoms with Gasteiger partial charge in [-0.3, -0.25) is 9.59 Å². The van der Waals surface area contributed by atoms with Crippen molar-refractivity contribution in [1.82, 2.24) is 5.32 Å². The van der Waals surface area contributed by atoms with Crippen molar-refractivity contribution >= 4 is 29.1 Å². The molecule has 7 nitrogen and oxygen atoms in total. The Morgan fingerprint density at radius 1 is 1.11 bits per heavy atom. The van der Waals surface area contributed by atoms with Gasteiger partial charge in [0.05, 0.1) is 11.6 Å². The fourth-order valence-corrected chi connectivity index (χ4v) is 3.78. The van der Waals surface area contributed by atoms with Crippen LogP contribution >= 0.6 is 11.6 Å². The number of halogens is 1. The van der Waals surface area contributed by atoms with Gasteiger partial charge in [0, 0.05) is 41.0 Å². The number of carbonyl (C=O) groups excluding carboxylic acids is 2. The van der Waals surface area contributed by atoms with Crippen molar-refractivity contribution in [3.8, 4) is 11.8 Å². The topological polar surface area (TPSA) is 108 Å². The second kappa shape index (κ2) is 11.9. The number of nitrogens with one attached hydrogen (secondary N) is 1. The minimum Gasteiger partial charge on any atom is -0.483 e.